The Balaban J connectivity index is 3.96. The van der Waals surface area contributed by atoms with E-state index in [2.05, 4.69) is 28.6 Å². The molecule has 0 rings (SSSR count). The summed E-state index contributed by atoms with van der Waals surface area (Å²) in [5, 5.41) is 0.670. The molecular formula is C42H80N2O6S2. The van der Waals surface area contributed by atoms with Crippen LogP contribution in [0.1, 0.15) is 180 Å². The maximum Gasteiger partial charge on any atom is 0.305 e. The maximum atomic E-state index is 13.0. The lowest BCUT2D eigenvalue weighted by Gasteiger charge is -2.23. The second kappa shape index (κ2) is 39.6. The molecule has 0 saturated heterocycles. The smallest absolute Gasteiger partial charge is 0.305 e. The quantitative estimate of drug-likeness (QED) is 0.0447. The fourth-order valence-electron chi connectivity index (χ4n) is 6.20. The van der Waals surface area contributed by atoms with Crippen molar-refractivity contribution in [1.82, 2.24) is 9.80 Å². The lowest BCUT2D eigenvalue weighted by atomic mass is 10.1. The highest BCUT2D eigenvalue weighted by Gasteiger charge is 2.13. The van der Waals surface area contributed by atoms with E-state index in [0.717, 1.165) is 160 Å². The van der Waals surface area contributed by atoms with Gasteiger partial charge in [0.05, 0.1) is 7.11 Å². The number of rotatable bonds is 39. The lowest BCUT2D eigenvalue weighted by Crippen LogP contribution is -2.33. The van der Waals surface area contributed by atoms with Crippen LogP contribution in [0, 0.1) is 0 Å². The molecule has 0 radical (unpaired) electrons. The van der Waals surface area contributed by atoms with Crippen LogP contribution in [-0.4, -0.2) is 98.0 Å². The first-order valence-corrected chi connectivity index (χ1v) is 23.1. The predicted octanol–water partition coefficient (Wildman–Crippen LogP) is 10.6. The first kappa shape index (κ1) is 50.9. The molecule has 10 heteroatoms. The van der Waals surface area contributed by atoms with Crippen molar-refractivity contribution in [2.75, 3.05) is 66.1 Å². The summed E-state index contributed by atoms with van der Waals surface area (Å²) in [6.45, 7) is 3.48. The van der Waals surface area contributed by atoms with E-state index in [1.807, 2.05) is 0 Å². The Bertz CT molecular complexity index is 860. The van der Waals surface area contributed by atoms with E-state index in [1.54, 1.807) is 7.11 Å². The van der Waals surface area contributed by atoms with Crippen molar-refractivity contribution < 1.29 is 28.7 Å². The number of hydrogen-bond donors (Lipinski definition) is 0. The molecule has 0 fully saturated rings. The van der Waals surface area contributed by atoms with Gasteiger partial charge in [-0.1, -0.05) is 120 Å². The van der Waals surface area contributed by atoms with E-state index in [9.17, 15) is 19.2 Å². The first-order valence-electron chi connectivity index (χ1n) is 21.1. The van der Waals surface area contributed by atoms with Gasteiger partial charge in [0.1, 0.15) is 0 Å². The third-order valence-corrected chi connectivity index (χ3v) is 11.5. The number of amides is 1. The highest BCUT2D eigenvalue weighted by molar-refractivity contribution is 8.13. The van der Waals surface area contributed by atoms with E-state index in [4.69, 9.17) is 4.74 Å². The third kappa shape index (κ3) is 37.2. The molecule has 8 nitrogen and oxygen atoms in total. The SMILES string of the molecule is COCCCCCCCCCSC(=O)CCCCCCCN(CCCCCCCC(=O)SCCCCCCCCC(=O)OC)C(=O)CCCN(C)C. The van der Waals surface area contributed by atoms with Crippen LogP contribution < -0.4 is 0 Å². The van der Waals surface area contributed by atoms with Gasteiger partial charge in [0, 0.05) is 64.0 Å². The van der Waals surface area contributed by atoms with Crippen molar-refractivity contribution in [3.05, 3.63) is 0 Å². The van der Waals surface area contributed by atoms with Crippen LogP contribution in [0.4, 0.5) is 0 Å². The number of unbranched alkanes of at least 4 members (excludes halogenated alkanes) is 19. The monoisotopic (exact) mass is 773 g/mol. The van der Waals surface area contributed by atoms with Gasteiger partial charge in [-0.2, -0.15) is 0 Å². The Morgan fingerprint density at radius 1 is 0.442 bits per heavy atom. The Kier molecular flexibility index (Phi) is 38.8. The second-order valence-electron chi connectivity index (χ2n) is 14.7. The van der Waals surface area contributed by atoms with Crippen LogP contribution >= 0.6 is 23.5 Å². The fourth-order valence-corrected chi connectivity index (χ4v) is 7.93. The molecule has 306 valence electrons. The molecule has 0 unspecified atom stereocenters. The lowest BCUT2D eigenvalue weighted by molar-refractivity contribution is -0.140. The predicted molar refractivity (Wildman–Crippen MR) is 223 cm³/mol. The fraction of sp³-hybridized carbons (Fsp3) is 0.905. The maximum absolute atomic E-state index is 13.0. The molecule has 0 saturated carbocycles. The Morgan fingerprint density at radius 3 is 1.29 bits per heavy atom. The topological polar surface area (TPSA) is 93.2 Å². The van der Waals surface area contributed by atoms with Crippen LogP contribution in [-0.2, 0) is 28.7 Å². The highest BCUT2D eigenvalue weighted by Crippen LogP contribution is 2.17. The van der Waals surface area contributed by atoms with Gasteiger partial charge in [-0.15, -0.1) is 0 Å². The zero-order valence-corrected chi connectivity index (χ0v) is 35.8. The van der Waals surface area contributed by atoms with E-state index in [1.165, 1.54) is 62.7 Å². The number of ether oxygens (including phenoxy) is 2. The van der Waals surface area contributed by atoms with Crippen molar-refractivity contribution in [1.29, 1.82) is 0 Å². The van der Waals surface area contributed by atoms with E-state index in [0.29, 0.717) is 35.9 Å². The van der Waals surface area contributed by atoms with Gasteiger partial charge in [0.25, 0.3) is 0 Å². The Hall–Kier alpha value is -1.10. The minimum absolute atomic E-state index is 0.124. The summed E-state index contributed by atoms with van der Waals surface area (Å²) >= 11 is 3.02. The van der Waals surface area contributed by atoms with Crippen LogP contribution in [0.15, 0.2) is 0 Å². The molecule has 52 heavy (non-hydrogen) atoms. The summed E-state index contributed by atoms with van der Waals surface area (Å²) < 4.78 is 9.76. The molecule has 0 aliphatic heterocycles. The van der Waals surface area contributed by atoms with Crippen LogP contribution in [0.3, 0.4) is 0 Å². The van der Waals surface area contributed by atoms with E-state index < -0.39 is 0 Å². The normalized spacial score (nSPS) is 11.3. The molecule has 0 aromatic carbocycles. The van der Waals surface area contributed by atoms with Crippen LogP contribution in [0.2, 0.25) is 0 Å². The van der Waals surface area contributed by atoms with Gasteiger partial charge in [0.15, 0.2) is 10.2 Å². The molecule has 0 aliphatic carbocycles. The second-order valence-corrected chi connectivity index (χ2v) is 17.0. The number of nitrogens with zero attached hydrogens (tertiary/aromatic N) is 2. The minimum Gasteiger partial charge on any atom is -0.469 e. The molecule has 0 spiro atoms. The average Bonchev–Trinajstić information content (AvgIpc) is 3.12. The van der Waals surface area contributed by atoms with Gasteiger partial charge in [-0.3, -0.25) is 19.2 Å². The van der Waals surface area contributed by atoms with Crippen LogP contribution in [0.5, 0.6) is 0 Å². The third-order valence-electron chi connectivity index (χ3n) is 9.49. The molecule has 0 bridgehead atoms. The summed E-state index contributed by atoms with van der Waals surface area (Å²) in [5.74, 6) is 2.04. The van der Waals surface area contributed by atoms with Gasteiger partial charge in [-0.25, -0.2) is 0 Å². The summed E-state index contributed by atoms with van der Waals surface area (Å²) in [7, 11) is 7.30. The number of thioether (sulfide) groups is 2. The number of hydrogen-bond acceptors (Lipinski definition) is 9. The summed E-state index contributed by atoms with van der Waals surface area (Å²) in [5.41, 5.74) is 0. The molecule has 1 amide bonds. The minimum atomic E-state index is -0.124. The average molecular weight is 773 g/mol. The Labute approximate surface area is 328 Å². The molecule has 0 N–H and O–H groups in total. The first-order chi connectivity index (χ1) is 25.3. The van der Waals surface area contributed by atoms with Crippen molar-refractivity contribution in [2.45, 2.75) is 180 Å². The van der Waals surface area contributed by atoms with Gasteiger partial charge >= 0.3 is 5.97 Å². The van der Waals surface area contributed by atoms with Crippen molar-refractivity contribution in [3.8, 4) is 0 Å². The van der Waals surface area contributed by atoms with Crippen molar-refractivity contribution in [2.24, 2.45) is 0 Å². The number of carbonyl (C=O) groups is 4. The highest BCUT2D eigenvalue weighted by atomic mass is 32.2. The zero-order chi connectivity index (χ0) is 38.3. The summed E-state index contributed by atoms with van der Waals surface area (Å²) in [6, 6.07) is 0. The van der Waals surface area contributed by atoms with Gasteiger partial charge in [0.2, 0.25) is 5.91 Å². The molecule has 0 aromatic rings. The zero-order valence-electron chi connectivity index (χ0n) is 34.2. The molecule has 0 aliphatic rings. The molecule has 0 aromatic heterocycles. The standard InChI is InChI=1S/C42H80N2O6S2/c1-43(2)33-28-29-39(45)44(34-23-15-10-13-21-31-41(47)51-37-26-18-8-5-7-17-25-36-49-3)35-24-16-11-14-22-32-42(48)52-38-27-19-9-6-12-20-30-40(46)50-4/h5-38H2,1-4H3. The Morgan fingerprint density at radius 2 is 0.846 bits per heavy atom. The summed E-state index contributed by atoms with van der Waals surface area (Å²) in [4.78, 5) is 52.9. The number of methoxy groups -OCH3 is 2. The van der Waals surface area contributed by atoms with E-state index in [-0.39, 0.29) is 11.9 Å². The van der Waals surface area contributed by atoms with Crippen molar-refractivity contribution >= 4 is 45.6 Å². The molecular weight excluding hydrogens is 693 g/mol. The molecule has 0 atom stereocenters. The largest absolute Gasteiger partial charge is 0.469 e. The van der Waals surface area contributed by atoms with Gasteiger partial charge < -0.3 is 19.3 Å². The van der Waals surface area contributed by atoms with Crippen molar-refractivity contribution in [3.63, 3.8) is 0 Å². The number of carbonyl (C=O) groups excluding carboxylic acids is 4. The van der Waals surface area contributed by atoms with Gasteiger partial charge in [-0.05, 0) is 78.4 Å². The summed E-state index contributed by atoms with van der Waals surface area (Å²) in [6.07, 6.45) is 29.1. The van der Waals surface area contributed by atoms with E-state index >= 15 is 0 Å². The molecule has 0 heterocycles. The van der Waals surface area contributed by atoms with Crippen LogP contribution in [0.25, 0.3) is 0 Å². The number of esters is 1.